The van der Waals surface area contributed by atoms with Gasteiger partial charge in [-0.2, -0.15) is 0 Å². The molecule has 0 saturated heterocycles. The molecule has 0 spiro atoms. The average Bonchev–Trinajstić information content (AvgIpc) is 2.29. The second-order valence-corrected chi connectivity index (χ2v) is 5.47. The highest BCUT2D eigenvalue weighted by Gasteiger charge is 2.27. The number of rotatable bonds is 4. The van der Waals surface area contributed by atoms with Crippen LogP contribution < -0.4 is 0 Å². The van der Waals surface area contributed by atoms with E-state index in [1.165, 1.54) is 0 Å². The third-order valence-corrected chi connectivity index (χ3v) is 2.81. The molecule has 116 valence electrons. The van der Waals surface area contributed by atoms with Crippen LogP contribution in [0.25, 0.3) is 0 Å². The SMILES string of the molecule is CC(C)OC(=O)OC1CCC(OC(=O)OC(C)C)CC1. The van der Waals surface area contributed by atoms with E-state index in [1.54, 1.807) is 27.7 Å². The summed E-state index contributed by atoms with van der Waals surface area (Å²) in [5.74, 6) is 0. The fourth-order valence-corrected chi connectivity index (χ4v) is 1.98. The van der Waals surface area contributed by atoms with Gasteiger partial charge in [0.05, 0.1) is 12.2 Å². The second kappa shape index (κ2) is 7.97. The Morgan fingerprint density at radius 2 is 1.05 bits per heavy atom. The molecule has 6 heteroatoms. The summed E-state index contributed by atoms with van der Waals surface area (Å²) in [5, 5.41) is 0. The molecule has 6 nitrogen and oxygen atoms in total. The van der Waals surface area contributed by atoms with Crippen LogP contribution in [0.2, 0.25) is 0 Å². The van der Waals surface area contributed by atoms with Crippen LogP contribution in [-0.4, -0.2) is 36.7 Å². The molecule has 0 aromatic carbocycles. The van der Waals surface area contributed by atoms with Gasteiger partial charge in [0.25, 0.3) is 0 Å². The highest BCUT2D eigenvalue weighted by atomic mass is 16.7. The summed E-state index contributed by atoms with van der Waals surface area (Å²) in [6.45, 7) is 7.08. The minimum Gasteiger partial charge on any atom is -0.432 e. The highest BCUT2D eigenvalue weighted by molar-refractivity contribution is 5.60. The molecule has 0 amide bonds. The van der Waals surface area contributed by atoms with Crippen molar-refractivity contribution in [2.75, 3.05) is 0 Å². The normalized spacial score (nSPS) is 22.5. The van der Waals surface area contributed by atoms with Gasteiger partial charge in [0.15, 0.2) is 0 Å². The summed E-state index contributed by atoms with van der Waals surface area (Å²) >= 11 is 0. The number of ether oxygens (including phenoxy) is 4. The zero-order valence-corrected chi connectivity index (χ0v) is 12.6. The van der Waals surface area contributed by atoms with E-state index >= 15 is 0 Å². The summed E-state index contributed by atoms with van der Waals surface area (Å²) in [6.07, 6.45) is 0.664. The van der Waals surface area contributed by atoms with Crippen LogP contribution in [0.4, 0.5) is 9.59 Å². The molecule has 0 N–H and O–H groups in total. The maximum Gasteiger partial charge on any atom is 0.508 e. The van der Waals surface area contributed by atoms with Gasteiger partial charge in [-0.15, -0.1) is 0 Å². The van der Waals surface area contributed by atoms with E-state index in [4.69, 9.17) is 18.9 Å². The van der Waals surface area contributed by atoms with Crippen molar-refractivity contribution in [2.24, 2.45) is 0 Å². The maximum absolute atomic E-state index is 11.4. The van der Waals surface area contributed by atoms with Crippen LogP contribution in [0.3, 0.4) is 0 Å². The first-order valence-electron chi connectivity index (χ1n) is 7.11. The molecule has 0 aromatic heterocycles. The number of carbonyl (C=O) groups excluding carboxylic acids is 2. The van der Waals surface area contributed by atoms with Gasteiger partial charge in [0.2, 0.25) is 0 Å². The molecule has 1 aliphatic rings. The number of hydrogen-bond donors (Lipinski definition) is 0. The summed E-state index contributed by atoms with van der Waals surface area (Å²) in [7, 11) is 0. The summed E-state index contributed by atoms with van der Waals surface area (Å²) < 4.78 is 20.2. The molecule has 0 aliphatic heterocycles. The molecule has 1 saturated carbocycles. The van der Waals surface area contributed by atoms with Crippen molar-refractivity contribution in [1.82, 2.24) is 0 Å². The molecule has 0 unspecified atom stereocenters. The monoisotopic (exact) mass is 288 g/mol. The maximum atomic E-state index is 11.4. The second-order valence-electron chi connectivity index (χ2n) is 5.47. The number of carbonyl (C=O) groups is 2. The highest BCUT2D eigenvalue weighted by Crippen LogP contribution is 2.24. The molecular formula is C14H24O6. The largest absolute Gasteiger partial charge is 0.508 e. The van der Waals surface area contributed by atoms with Crippen LogP contribution in [0.1, 0.15) is 53.4 Å². The minimum absolute atomic E-state index is 0.165. The number of hydrogen-bond acceptors (Lipinski definition) is 6. The summed E-state index contributed by atoms with van der Waals surface area (Å²) in [6, 6.07) is 0. The van der Waals surface area contributed by atoms with Crippen molar-refractivity contribution in [3.63, 3.8) is 0 Å². The fourth-order valence-electron chi connectivity index (χ4n) is 1.98. The third kappa shape index (κ3) is 6.63. The van der Waals surface area contributed by atoms with E-state index in [-0.39, 0.29) is 24.4 Å². The van der Waals surface area contributed by atoms with Gasteiger partial charge in [-0.3, -0.25) is 0 Å². The zero-order valence-electron chi connectivity index (χ0n) is 12.6. The van der Waals surface area contributed by atoms with E-state index in [1.807, 2.05) is 0 Å². The van der Waals surface area contributed by atoms with Crippen molar-refractivity contribution in [3.05, 3.63) is 0 Å². The molecule has 0 radical (unpaired) electrons. The predicted molar refractivity (Wildman–Crippen MR) is 71.4 cm³/mol. The lowest BCUT2D eigenvalue weighted by Gasteiger charge is -2.27. The van der Waals surface area contributed by atoms with E-state index in [0.717, 1.165) is 0 Å². The van der Waals surface area contributed by atoms with Crippen LogP contribution in [0.15, 0.2) is 0 Å². The van der Waals surface area contributed by atoms with E-state index < -0.39 is 12.3 Å². The standard InChI is InChI=1S/C14H24O6/c1-9(2)17-13(15)19-11-5-7-12(8-6-11)20-14(16)18-10(3)4/h9-12H,5-8H2,1-4H3. The van der Waals surface area contributed by atoms with Gasteiger partial charge < -0.3 is 18.9 Å². The van der Waals surface area contributed by atoms with Crippen molar-refractivity contribution in [1.29, 1.82) is 0 Å². The van der Waals surface area contributed by atoms with Crippen LogP contribution in [0, 0.1) is 0 Å². The summed E-state index contributed by atoms with van der Waals surface area (Å²) in [4.78, 5) is 22.7. The van der Waals surface area contributed by atoms with Gasteiger partial charge in [-0.1, -0.05) is 0 Å². The minimum atomic E-state index is -0.636. The Morgan fingerprint density at radius 3 is 1.30 bits per heavy atom. The molecule has 20 heavy (non-hydrogen) atoms. The van der Waals surface area contributed by atoms with Crippen molar-refractivity contribution < 1.29 is 28.5 Å². The Balaban J connectivity index is 2.23. The first-order chi connectivity index (χ1) is 9.36. The lowest BCUT2D eigenvalue weighted by Crippen LogP contribution is -2.31. The van der Waals surface area contributed by atoms with Gasteiger partial charge in [-0.25, -0.2) is 9.59 Å². The molecule has 0 heterocycles. The Labute approximate surface area is 119 Å². The van der Waals surface area contributed by atoms with Gasteiger partial charge >= 0.3 is 12.3 Å². The lowest BCUT2D eigenvalue weighted by molar-refractivity contribution is -0.0372. The Kier molecular flexibility index (Phi) is 6.61. The van der Waals surface area contributed by atoms with Gasteiger partial charge in [0, 0.05) is 0 Å². The summed E-state index contributed by atoms with van der Waals surface area (Å²) in [5.41, 5.74) is 0. The smallest absolute Gasteiger partial charge is 0.432 e. The van der Waals surface area contributed by atoms with E-state index in [0.29, 0.717) is 25.7 Å². The van der Waals surface area contributed by atoms with Crippen molar-refractivity contribution in [3.8, 4) is 0 Å². The first-order valence-corrected chi connectivity index (χ1v) is 7.11. The molecule has 0 bridgehead atoms. The Morgan fingerprint density at radius 1 is 0.750 bits per heavy atom. The fraction of sp³-hybridized carbons (Fsp3) is 0.857. The van der Waals surface area contributed by atoms with Gasteiger partial charge in [-0.05, 0) is 53.4 Å². The molecule has 0 aromatic rings. The molecular weight excluding hydrogens is 264 g/mol. The molecule has 1 rings (SSSR count). The van der Waals surface area contributed by atoms with E-state index in [2.05, 4.69) is 0 Å². The predicted octanol–water partition coefficient (Wildman–Crippen LogP) is 3.42. The van der Waals surface area contributed by atoms with Crippen LogP contribution in [0.5, 0.6) is 0 Å². The van der Waals surface area contributed by atoms with Gasteiger partial charge in [0.1, 0.15) is 12.2 Å². The van der Waals surface area contributed by atoms with Crippen molar-refractivity contribution >= 4 is 12.3 Å². The Bertz CT molecular complexity index is 286. The van der Waals surface area contributed by atoms with E-state index in [9.17, 15) is 9.59 Å². The first kappa shape index (κ1) is 16.6. The quantitative estimate of drug-likeness (QED) is 0.738. The average molecular weight is 288 g/mol. The van der Waals surface area contributed by atoms with Crippen LogP contribution >= 0.6 is 0 Å². The zero-order chi connectivity index (χ0) is 15.1. The Hall–Kier alpha value is -1.46. The third-order valence-electron chi connectivity index (χ3n) is 2.81. The molecule has 0 atom stereocenters. The molecule has 1 fully saturated rings. The lowest BCUT2D eigenvalue weighted by atomic mass is 9.95. The molecule has 1 aliphatic carbocycles. The van der Waals surface area contributed by atoms with Crippen LogP contribution in [-0.2, 0) is 18.9 Å². The topological polar surface area (TPSA) is 71.1 Å². The van der Waals surface area contributed by atoms with Crippen molar-refractivity contribution in [2.45, 2.75) is 77.8 Å².